The second-order valence-corrected chi connectivity index (χ2v) is 6.42. The van der Waals surface area contributed by atoms with Gasteiger partial charge in [-0.3, -0.25) is 14.4 Å². The summed E-state index contributed by atoms with van der Waals surface area (Å²) in [6.45, 7) is 2.45. The van der Waals surface area contributed by atoms with E-state index in [1.54, 1.807) is 72.8 Å². The molecule has 4 rings (SSSR count). The Kier molecular flexibility index (Phi) is 4.83. The number of carbonyl (C=O) groups excluding carboxylic acids is 3. The normalized spacial score (nSPS) is 12.7. The lowest BCUT2D eigenvalue weighted by Crippen LogP contribution is -2.31. The summed E-state index contributed by atoms with van der Waals surface area (Å²) in [7, 11) is 0. The number of amides is 3. The summed E-state index contributed by atoms with van der Waals surface area (Å²) in [5, 5.41) is 2.80. The second kappa shape index (κ2) is 7.59. The SMILES string of the molecule is CCOc1ccc(NC(=O)c2ccccc2N2C(=O)c3ccccc3C2=O)cc1. The third kappa shape index (κ3) is 3.36. The van der Waals surface area contributed by atoms with E-state index in [4.69, 9.17) is 4.74 Å². The maximum absolute atomic E-state index is 12.9. The van der Waals surface area contributed by atoms with Crippen LogP contribution in [0, 0.1) is 0 Å². The number of hydrogen-bond donors (Lipinski definition) is 1. The van der Waals surface area contributed by atoms with E-state index in [9.17, 15) is 14.4 Å². The molecule has 0 atom stereocenters. The predicted molar refractivity (Wildman–Crippen MR) is 110 cm³/mol. The molecule has 1 N–H and O–H groups in total. The number of para-hydroxylation sites is 1. The molecule has 0 saturated heterocycles. The maximum atomic E-state index is 12.9. The molecule has 3 aromatic carbocycles. The molecule has 144 valence electrons. The van der Waals surface area contributed by atoms with Crippen molar-refractivity contribution in [1.29, 1.82) is 0 Å². The van der Waals surface area contributed by atoms with Gasteiger partial charge in [0.2, 0.25) is 0 Å². The van der Waals surface area contributed by atoms with Crippen molar-refractivity contribution in [1.82, 2.24) is 0 Å². The number of benzene rings is 3. The van der Waals surface area contributed by atoms with Crippen LogP contribution in [-0.2, 0) is 0 Å². The monoisotopic (exact) mass is 386 g/mol. The van der Waals surface area contributed by atoms with Gasteiger partial charge in [0.1, 0.15) is 5.75 Å². The topological polar surface area (TPSA) is 75.7 Å². The van der Waals surface area contributed by atoms with Gasteiger partial charge in [-0.1, -0.05) is 24.3 Å². The van der Waals surface area contributed by atoms with Crippen molar-refractivity contribution in [2.45, 2.75) is 6.92 Å². The summed E-state index contributed by atoms with van der Waals surface area (Å²) in [5.41, 5.74) is 1.73. The van der Waals surface area contributed by atoms with Crippen LogP contribution in [0.5, 0.6) is 5.75 Å². The van der Waals surface area contributed by atoms with Crippen LogP contribution in [-0.4, -0.2) is 24.3 Å². The van der Waals surface area contributed by atoms with Gasteiger partial charge in [0.15, 0.2) is 0 Å². The first-order valence-electron chi connectivity index (χ1n) is 9.21. The van der Waals surface area contributed by atoms with Crippen LogP contribution in [0.25, 0.3) is 0 Å². The van der Waals surface area contributed by atoms with E-state index in [0.29, 0.717) is 29.2 Å². The summed E-state index contributed by atoms with van der Waals surface area (Å²) in [4.78, 5) is 39.5. The largest absolute Gasteiger partial charge is 0.494 e. The molecule has 0 radical (unpaired) electrons. The molecule has 0 saturated carbocycles. The molecule has 3 amide bonds. The summed E-state index contributed by atoms with van der Waals surface area (Å²) >= 11 is 0. The van der Waals surface area contributed by atoms with Crippen molar-refractivity contribution in [2.75, 3.05) is 16.8 Å². The zero-order chi connectivity index (χ0) is 20.4. The quantitative estimate of drug-likeness (QED) is 0.669. The first-order chi connectivity index (χ1) is 14.1. The van der Waals surface area contributed by atoms with Crippen molar-refractivity contribution in [3.8, 4) is 5.75 Å². The molecule has 6 nitrogen and oxygen atoms in total. The Morgan fingerprint density at radius 3 is 2.07 bits per heavy atom. The summed E-state index contributed by atoms with van der Waals surface area (Å²) in [6.07, 6.45) is 0. The standard InChI is InChI=1S/C23H18N2O4/c1-2-29-16-13-11-15(12-14-16)24-21(26)19-9-5-6-10-20(19)25-22(27)17-7-3-4-8-18(17)23(25)28/h3-14H,2H2,1H3,(H,24,26). The van der Waals surface area contributed by atoms with Gasteiger partial charge in [0.25, 0.3) is 17.7 Å². The van der Waals surface area contributed by atoms with Crippen molar-refractivity contribution in [2.24, 2.45) is 0 Å². The van der Waals surface area contributed by atoms with Crippen LogP contribution in [0.1, 0.15) is 38.0 Å². The molecule has 0 aliphatic carbocycles. The minimum absolute atomic E-state index is 0.232. The van der Waals surface area contributed by atoms with Gasteiger partial charge in [0.05, 0.1) is 29.0 Å². The maximum Gasteiger partial charge on any atom is 0.266 e. The van der Waals surface area contributed by atoms with E-state index in [1.165, 1.54) is 0 Å². The number of imide groups is 1. The second-order valence-electron chi connectivity index (χ2n) is 6.42. The molecule has 0 unspecified atom stereocenters. The lowest BCUT2D eigenvalue weighted by Gasteiger charge is -2.18. The van der Waals surface area contributed by atoms with Crippen molar-refractivity contribution in [3.63, 3.8) is 0 Å². The lowest BCUT2D eigenvalue weighted by molar-refractivity contribution is 0.0926. The first kappa shape index (κ1) is 18.4. The minimum Gasteiger partial charge on any atom is -0.494 e. The summed E-state index contributed by atoms with van der Waals surface area (Å²) in [6, 6.07) is 20.2. The molecule has 1 aliphatic heterocycles. The molecule has 0 spiro atoms. The number of nitrogens with zero attached hydrogens (tertiary/aromatic N) is 1. The Balaban J connectivity index is 1.63. The third-order valence-corrected chi connectivity index (χ3v) is 4.61. The number of ether oxygens (including phenoxy) is 1. The smallest absolute Gasteiger partial charge is 0.266 e. The van der Waals surface area contributed by atoms with Gasteiger partial charge in [-0.25, -0.2) is 4.90 Å². The molecular weight excluding hydrogens is 368 g/mol. The molecule has 0 bridgehead atoms. The van der Waals surface area contributed by atoms with Gasteiger partial charge < -0.3 is 10.1 Å². The van der Waals surface area contributed by atoms with Gasteiger partial charge >= 0.3 is 0 Å². The van der Waals surface area contributed by atoms with Crippen LogP contribution in [0.15, 0.2) is 72.8 Å². The molecule has 29 heavy (non-hydrogen) atoms. The van der Waals surface area contributed by atoms with Crippen molar-refractivity contribution >= 4 is 29.1 Å². The molecule has 6 heteroatoms. The Morgan fingerprint density at radius 1 is 0.862 bits per heavy atom. The first-order valence-corrected chi connectivity index (χ1v) is 9.21. The molecule has 1 heterocycles. The molecule has 0 fully saturated rings. The van der Waals surface area contributed by atoms with E-state index < -0.39 is 17.7 Å². The summed E-state index contributed by atoms with van der Waals surface area (Å²) in [5.74, 6) is -0.586. The Hall–Kier alpha value is -3.93. The Morgan fingerprint density at radius 2 is 1.45 bits per heavy atom. The molecule has 0 aromatic heterocycles. The minimum atomic E-state index is -0.438. The lowest BCUT2D eigenvalue weighted by atomic mass is 10.1. The van der Waals surface area contributed by atoms with E-state index in [-0.39, 0.29) is 11.3 Å². The van der Waals surface area contributed by atoms with Crippen molar-refractivity contribution in [3.05, 3.63) is 89.5 Å². The fourth-order valence-electron chi connectivity index (χ4n) is 3.27. The number of anilines is 2. The molecule has 3 aromatic rings. The van der Waals surface area contributed by atoms with Crippen LogP contribution in [0.4, 0.5) is 11.4 Å². The predicted octanol–water partition coefficient (Wildman–Crippen LogP) is 4.14. The highest BCUT2D eigenvalue weighted by Gasteiger charge is 2.37. The highest BCUT2D eigenvalue weighted by atomic mass is 16.5. The average Bonchev–Trinajstić information content (AvgIpc) is 3.00. The summed E-state index contributed by atoms with van der Waals surface area (Å²) < 4.78 is 5.40. The average molecular weight is 386 g/mol. The number of nitrogens with one attached hydrogen (secondary N) is 1. The zero-order valence-corrected chi connectivity index (χ0v) is 15.7. The van der Waals surface area contributed by atoms with Gasteiger partial charge in [0, 0.05) is 5.69 Å². The highest BCUT2D eigenvalue weighted by molar-refractivity contribution is 6.35. The van der Waals surface area contributed by atoms with Crippen LogP contribution >= 0.6 is 0 Å². The van der Waals surface area contributed by atoms with Crippen LogP contribution < -0.4 is 15.0 Å². The van der Waals surface area contributed by atoms with Crippen LogP contribution in [0.2, 0.25) is 0 Å². The number of fused-ring (bicyclic) bond motifs is 1. The number of carbonyl (C=O) groups is 3. The fraction of sp³-hybridized carbons (Fsp3) is 0.0870. The van der Waals surface area contributed by atoms with Gasteiger partial charge in [-0.05, 0) is 55.5 Å². The number of hydrogen-bond acceptors (Lipinski definition) is 4. The van der Waals surface area contributed by atoms with Crippen molar-refractivity contribution < 1.29 is 19.1 Å². The van der Waals surface area contributed by atoms with E-state index in [1.807, 2.05) is 6.92 Å². The molecular formula is C23H18N2O4. The number of rotatable bonds is 5. The fourth-order valence-corrected chi connectivity index (χ4v) is 3.27. The molecule has 1 aliphatic rings. The Labute approximate surface area is 167 Å². The zero-order valence-electron chi connectivity index (χ0n) is 15.7. The van der Waals surface area contributed by atoms with Crippen LogP contribution in [0.3, 0.4) is 0 Å². The highest BCUT2D eigenvalue weighted by Crippen LogP contribution is 2.31. The third-order valence-electron chi connectivity index (χ3n) is 4.61. The van der Waals surface area contributed by atoms with E-state index in [0.717, 1.165) is 4.90 Å². The Bertz CT molecular complexity index is 1070. The van der Waals surface area contributed by atoms with Gasteiger partial charge in [-0.15, -0.1) is 0 Å². The van der Waals surface area contributed by atoms with Gasteiger partial charge in [-0.2, -0.15) is 0 Å². The van der Waals surface area contributed by atoms with E-state index >= 15 is 0 Å². The van der Waals surface area contributed by atoms with E-state index in [2.05, 4.69) is 5.32 Å².